The SMILES string of the molecule is CC(=O)Oc1cc(OC(C)=O)c2c(c1)Oc1c(OC(C)=O)cc(OC(C)=O)c(Oc3cc(OC(C)=O)c(I)c(OC(C)=O)c3)c1O2. The molecule has 0 saturated heterocycles. The maximum atomic E-state index is 12.1. The maximum absolute atomic E-state index is 12.1. The molecule has 0 fully saturated rings. The number of carbonyl (C=O) groups is 6. The normalized spacial score (nSPS) is 10.9. The van der Waals surface area contributed by atoms with Gasteiger partial charge in [0.05, 0.1) is 3.57 Å². The molecular formula is C30H23IO15. The van der Waals surface area contributed by atoms with Crippen molar-refractivity contribution >= 4 is 58.4 Å². The highest BCUT2D eigenvalue weighted by Crippen LogP contribution is 2.61. The minimum atomic E-state index is -0.814. The summed E-state index contributed by atoms with van der Waals surface area (Å²) >= 11 is 1.81. The van der Waals surface area contributed by atoms with Crippen LogP contribution in [0.1, 0.15) is 41.5 Å². The van der Waals surface area contributed by atoms with Crippen LogP contribution in [0.5, 0.6) is 69.0 Å². The van der Waals surface area contributed by atoms with Crippen molar-refractivity contribution in [3.05, 3.63) is 33.9 Å². The lowest BCUT2D eigenvalue weighted by Gasteiger charge is -2.26. The molecule has 0 amide bonds. The van der Waals surface area contributed by atoms with Crippen molar-refractivity contribution in [2.45, 2.75) is 41.5 Å². The molecule has 0 N–H and O–H groups in total. The van der Waals surface area contributed by atoms with Crippen molar-refractivity contribution in [2.24, 2.45) is 0 Å². The van der Waals surface area contributed by atoms with E-state index in [-0.39, 0.29) is 72.6 Å². The van der Waals surface area contributed by atoms with Crippen molar-refractivity contribution in [1.29, 1.82) is 0 Å². The third-order valence-electron chi connectivity index (χ3n) is 5.26. The first-order chi connectivity index (χ1) is 21.6. The monoisotopic (exact) mass is 750 g/mol. The van der Waals surface area contributed by atoms with E-state index in [0.29, 0.717) is 0 Å². The van der Waals surface area contributed by atoms with Gasteiger partial charge in [-0.25, -0.2) is 0 Å². The van der Waals surface area contributed by atoms with Gasteiger partial charge in [-0.05, 0) is 22.6 Å². The van der Waals surface area contributed by atoms with Crippen LogP contribution in [-0.2, 0) is 28.8 Å². The molecule has 1 aliphatic rings. The number of esters is 6. The maximum Gasteiger partial charge on any atom is 0.308 e. The Hall–Kier alpha value is -5.39. The lowest BCUT2D eigenvalue weighted by molar-refractivity contribution is -0.133. The molecule has 0 radical (unpaired) electrons. The van der Waals surface area contributed by atoms with Crippen LogP contribution in [0, 0.1) is 3.57 Å². The fourth-order valence-electron chi connectivity index (χ4n) is 3.90. The topological polar surface area (TPSA) is 185 Å². The van der Waals surface area contributed by atoms with Gasteiger partial charge in [0.25, 0.3) is 0 Å². The van der Waals surface area contributed by atoms with E-state index in [2.05, 4.69) is 0 Å². The van der Waals surface area contributed by atoms with Crippen LogP contribution in [0.15, 0.2) is 30.3 Å². The Bertz CT molecular complexity index is 1770. The van der Waals surface area contributed by atoms with Crippen molar-refractivity contribution in [1.82, 2.24) is 0 Å². The van der Waals surface area contributed by atoms with Gasteiger partial charge in [0, 0.05) is 71.9 Å². The van der Waals surface area contributed by atoms with Crippen LogP contribution < -0.4 is 42.6 Å². The molecule has 0 saturated carbocycles. The highest BCUT2D eigenvalue weighted by Gasteiger charge is 2.35. The molecule has 0 spiro atoms. The molecular weight excluding hydrogens is 727 g/mol. The first-order valence-corrected chi connectivity index (χ1v) is 14.1. The molecule has 3 aromatic carbocycles. The zero-order valence-corrected chi connectivity index (χ0v) is 27.0. The molecule has 1 heterocycles. The smallest absolute Gasteiger partial charge is 0.308 e. The highest BCUT2D eigenvalue weighted by atomic mass is 127. The average Bonchev–Trinajstić information content (AvgIpc) is 2.90. The number of hydrogen-bond acceptors (Lipinski definition) is 15. The third-order valence-corrected chi connectivity index (χ3v) is 6.33. The first kappa shape index (κ1) is 33.5. The lowest BCUT2D eigenvalue weighted by Crippen LogP contribution is -2.12. The van der Waals surface area contributed by atoms with Gasteiger partial charge in [-0.2, -0.15) is 0 Å². The zero-order valence-electron chi connectivity index (χ0n) is 24.9. The van der Waals surface area contributed by atoms with E-state index in [1.54, 1.807) is 22.6 Å². The quantitative estimate of drug-likeness (QED) is 0.124. The molecule has 4 rings (SSSR count). The second-order valence-corrected chi connectivity index (χ2v) is 10.3. The highest BCUT2D eigenvalue weighted by molar-refractivity contribution is 14.1. The molecule has 16 heteroatoms. The van der Waals surface area contributed by atoms with Gasteiger partial charge in [-0.15, -0.1) is 0 Å². The van der Waals surface area contributed by atoms with E-state index < -0.39 is 35.8 Å². The Morgan fingerprint density at radius 2 is 0.913 bits per heavy atom. The fraction of sp³-hybridized carbons (Fsp3) is 0.200. The number of halogens is 1. The molecule has 0 bridgehead atoms. The van der Waals surface area contributed by atoms with E-state index in [9.17, 15) is 28.8 Å². The Balaban J connectivity index is 1.97. The molecule has 240 valence electrons. The van der Waals surface area contributed by atoms with Crippen molar-refractivity contribution < 1.29 is 71.4 Å². The van der Waals surface area contributed by atoms with Gasteiger partial charge >= 0.3 is 35.8 Å². The number of hydrogen-bond donors (Lipinski definition) is 0. The largest absolute Gasteiger partial charge is 0.449 e. The number of rotatable bonds is 8. The lowest BCUT2D eigenvalue weighted by atomic mass is 10.2. The zero-order chi connectivity index (χ0) is 33.9. The van der Waals surface area contributed by atoms with Crippen LogP contribution in [0.25, 0.3) is 0 Å². The summed E-state index contributed by atoms with van der Waals surface area (Å²) in [6, 6.07) is 6.12. The van der Waals surface area contributed by atoms with E-state index in [1.165, 1.54) is 24.3 Å². The van der Waals surface area contributed by atoms with Crippen LogP contribution in [-0.4, -0.2) is 35.8 Å². The molecule has 0 unspecified atom stereocenters. The summed E-state index contributed by atoms with van der Waals surface area (Å²) in [6.07, 6.45) is 0. The van der Waals surface area contributed by atoms with Gasteiger partial charge in [-0.3, -0.25) is 28.8 Å². The van der Waals surface area contributed by atoms with Gasteiger partial charge in [-0.1, -0.05) is 0 Å². The van der Waals surface area contributed by atoms with Crippen LogP contribution in [0.2, 0.25) is 0 Å². The van der Waals surface area contributed by atoms with Crippen molar-refractivity contribution in [3.63, 3.8) is 0 Å². The predicted molar refractivity (Wildman–Crippen MR) is 160 cm³/mol. The number of carbonyl (C=O) groups excluding carboxylic acids is 6. The second-order valence-electron chi connectivity index (χ2n) is 9.21. The molecule has 46 heavy (non-hydrogen) atoms. The standard InChI is InChI=1S/C30H23IO15/c1-12(32)38-18-9-22(41-15(4)35)27-23(10-18)45-29-25(43-17(6)37)11-24(42-16(5)36)28(30(29)46-27)44-19-7-20(39-13(2)33)26(31)21(8-19)40-14(3)34/h7-11H,1-6H3. The Morgan fingerprint density at radius 1 is 0.478 bits per heavy atom. The van der Waals surface area contributed by atoms with Crippen molar-refractivity contribution in [3.8, 4) is 69.0 Å². The Kier molecular flexibility index (Phi) is 9.99. The second kappa shape index (κ2) is 13.7. The van der Waals surface area contributed by atoms with Gasteiger partial charge < -0.3 is 42.6 Å². The number of benzene rings is 3. The summed E-state index contributed by atoms with van der Waals surface area (Å²) in [6.45, 7) is 6.80. The summed E-state index contributed by atoms with van der Waals surface area (Å²) in [7, 11) is 0. The molecule has 0 aliphatic carbocycles. The van der Waals surface area contributed by atoms with E-state index >= 15 is 0 Å². The summed E-state index contributed by atoms with van der Waals surface area (Å²) in [4.78, 5) is 71.4. The molecule has 15 nitrogen and oxygen atoms in total. The summed E-state index contributed by atoms with van der Waals surface area (Å²) < 4.78 is 50.1. The molecule has 3 aromatic rings. The van der Waals surface area contributed by atoms with E-state index in [4.69, 9.17) is 42.6 Å². The van der Waals surface area contributed by atoms with Gasteiger partial charge in [0.2, 0.25) is 23.0 Å². The minimum absolute atomic E-state index is 0.0426. The minimum Gasteiger partial charge on any atom is -0.449 e. The number of fused-ring (bicyclic) bond motifs is 2. The first-order valence-electron chi connectivity index (χ1n) is 13.0. The summed E-state index contributed by atoms with van der Waals surface area (Å²) in [5, 5.41) is 0. The van der Waals surface area contributed by atoms with Crippen molar-refractivity contribution in [2.75, 3.05) is 0 Å². The van der Waals surface area contributed by atoms with Crippen LogP contribution in [0.4, 0.5) is 0 Å². The van der Waals surface area contributed by atoms with E-state index in [1.807, 2.05) is 0 Å². The summed E-state index contributed by atoms with van der Waals surface area (Å²) in [5.74, 6) is -6.85. The van der Waals surface area contributed by atoms with E-state index in [0.717, 1.165) is 47.6 Å². The average molecular weight is 750 g/mol. The Labute approximate surface area is 273 Å². The fourth-order valence-corrected chi connectivity index (χ4v) is 4.44. The predicted octanol–water partition coefficient (Wildman–Crippen LogP) is 5.53. The van der Waals surface area contributed by atoms with Gasteiger partial charge in [0.15, 0.2) is 34.5 Å². The summed E-state index contributed by atoms with van der Waals surface area (Å²) in [5.41, 5.74) is 0. The van der Waals surface area contributed by atoms with Crippen LogP contribution in [0.3, 0.4) is 0 Å². The van der Waals surface area contributed by atoms with Crippen LogP contribution >= 0.6 is 22.6 Å². The molecule has 1 aliphatic heterocycles. The molecule has 0 atom stereocenters. The molecule has 0 aromatic heterocycles. The number of ether oxygens (including phenoxy) is 9. The Morgan fingerprint density at radius 3 is 1.41 bits per heavy atom. The third kappa shape index (κ3) is 8.00. The van der Waals surface area contributed by atoms with Gasteiger partial charge in [0.1, 0.15) is 11.5 Å².